The smallest absolute Gasteiger partial charge is 0.461 e. The van der Waals surface area contributed by atoms with E-state index in [1.165, 1.54) is 6.07 Å². The van der Waals surface area contributed by atoms with Gasteiger partial charge >= 0.3 is 32.9 Å². The molecule has 0 aliphatic heterocycles. The van der Waals surface area contributed by atoms with Crippen LogP contribution in [-0.2, 0) is 14.8 Å². The molecule has 1 aromatic rings. The number of alkyl halides is 9. The van der Waals surface area contributed by atoms with Crippen molar-refractivity contribution in [3.05, 3.63) is 35.5 Å². The number of rotatable bonds is 7. The molecule has 0 spiro atoms. The molecule has 0 saturated heterocycles. The average molecular weight is 437 g/mol. The van der Waals surface area contributed by atoms with Gasteiger partial charge in [-0.1, -0.05) is 18.2 Å². The van der Waals surface area contributed by atoms with Crippen LogP contribution in [0.2, 0.25) is 0 Å². The lowest BCUT2D eigenvalue weighted by atomic mass is 10.3. The molecule has 1 rings (SSSR count). The number of benzene rings is 1. The van der Waals surface area contributed by atoms with E-state index in [0.29, 0.717) is 0 Å². The van der Waals surface area contributed by atoms with Crippen molar-refractivity contribution in [2.75, 3.05) is 0 Å². The van der Waals surface area contributed by atoms with Gasteiger partial charge in [0.25, 0.3) is 0 Å². The predicted octanol–water partition coefficient (Wildman–Crippen LogP) is 4.24. The number of para-hydroxylation sites is 1. The first-order valence-electron chi connectivity index (χ1n) is 5.85. The summed E-state index contributed by atoms with van der Waals surface area (Å²) >= 11 is 3.74. The van der Waals surface area contributed by atoms with Gasteiger partial charge in [0.05, 0.1) is 0 Å². The van der Waals surface area contributed by atoms with E-state index in [4.69, 9.17) is 0 Å². The van der Waals surface area contributed by atoms with Crippen LogP contribution in [0, 0.1) is 5.21 Å². The van der Waals surface area contributed by atoms with E-state index >= 15 is 0 Å². The lowest BCUT2D eigenvalue weighted by molar-refractivity contribution is -0.446. The Labute approximate surface area is 144 Å². The van der Waals surface area contributed by atoms with Crippen LogP contribution in [0.25, 0.3) is 0 Å². The van der Waals surface area contributed by atoms with Gasteiger partial charge in [0, 0.05) is 12.1 Å². The molecule has 6 nitrogen and oxygen atoms in total. The third-order valence-electron chi connectivity index (χ3n) is 2.41. The van der Waals surface area contributed by atoms with Crippen molar-refractivity contribution < 1.29 is 53.1 Å². The first-order valence-corrected chi connectivity index (χ1v) is 7.66. The highest BCUT2D eigenvalue weighted by molar-refractivity contribution is 7.91. The first-order chi connectivity index (χ1) is 11.4. The zero-order valence-corrected chi connectivity index (χ0v) is 13.3. The molecule has 0 amide bonds. The van der Waals surface area contributed by atoms with Gasteiger partial charge < -0.3 is 5.21 Å². The zero-order chi connectivity index (χ0) is 20.6. The van der Waals surface area contributed by atoms with E-state index in [-0.39, 0.29) is 0 Å². The van der Waals surface area contributed by atoms with Crippen molar-refractivity contribution in [1.82, 2.24) is 0 Å². The fourth-order valence-electron chi connectivity index (χ4n) is 1.18. The summed E-state index contributed by atoms with van der Waals surface area (Å²) in [6.45, 7) is 0. The fourth-order valence-corrected chi connectivity index (χ4v) is 1.95. The number of nitrogens with zero attached hydrogens (tertiary/aromatic N) is 2. The van der Waals surface area contributed by atoms with Gasteiger partial charge in [-0.15, -0.1) is 0 Å². The molecule has 0 saturated carbocycles. The van der Waals surface area contributed by atoms with E-state index < -0.39 is 43.4 Å². The Morgan fingerprint density at radius 3 is 1.85 bits per heavy atom. The summed E-state index contributed by atoms with van der Waals surface area (Å²) in [4.78, 5) is -1.03. The molecule has 148 valence electrons. The Morgan fingerprint density at radius 1 is 0.962 bits per heavy atom. The van der Waals surface area contributed by atoms with Crippen LogP contribution in [0.1, 0.15) is 0 Å². The van der Waals surface area contributed by atoms with Crippen LogP contribution in [0.4, 0.5) is 40.8 Å². The summed E-state index contributed by atoms with van der Waals surface area (Å²) < 4.78 is 129. The molecule has 0 atom stereocenters. The Hall–Kier alpha value is -1.74. The monoisotopic (exact) mass is 436 g/mol. The average Bonchev–Trinajstić information content (AvgIpc) is 2.45. The maximum Gasteiger partial charge on any atom is 0.461 e. The van der Waals surface area contributed by atoms with E-state index in [2.05, 4.69) is 11.6 Å². The molecule has 1 aromatic carbocycles. The first kappa shape index (κ1) is 22.3. The highest BCUT2D eigenvalue weighted by atomic mass is 35.5. The normalized spacial score (nSPS) is 15.2. The minimum absolute atomic E-state index is 0.714. The standard InChI is InChI=1S/C10H5ClF8N2O4S/c11-7(12,13)8(14,15)25-9(16,17)10(18,19)26(23,24)20-21(22)6-4-2-1-3-5-6/h1-5H/b21-20-. The zero-order valence-electron chi connectivity index (χ0n) is 11.7. The van der Waals surface area contributed by atoms with Crippen LogP contribution in [0.15, 0.2) is 34.9 Å². The number of halogens is 9. The van der Waals surface area contributed by atoms with Gasteiger partial charge in [0.1, 0.15) is 4.52 Å². The lowest BCUT2D eigenvalue weighted by Crippen LogP contribution is -2.54. The van der Waals surface area contributed by atoms with Crippen molar-refractivity contribution in [3.63, 3.8) is 0 Å². The molecule has 0 aliphatic carbocycles. The Bertz CT molecular complexity index is 782. The number of ether oxygens (including phenoxy) is 1. The maximum absolute atomic E-state index is 13.4. The summed E-state index contributed by atoms with van der Waals surface area (Å²) in [5.74, 6) is 0. The third-order valence-corrected chi connectivity index (χ3v) is 3.88. The summed E-state index contributed by atoms with van der Waals surface area (Å²) in [6, 6.07) is 5.20. The molecule has 0 aliphatic rings. The quantitative estimate of drug-likeness (QED) is 0.210. The van der Waals surface area contributed by atoms with Gasteiger partial charge in [-0.3, -0.25) is 0 Å². The summed E-state index contributed by atoms with van der Waals surface area (Å²) in [5.41, 5.74) is -0.714. The second kappa shape index (κ2) is 6.77. The fraction of sp³-hybridized carbons (Fsp3) is 0.400. The van der Waals surface area contributed by atoms with Gasteiger partial charge in [-0.05, 0) is 16.5 Å². The van der Waals surface area contributed by atoms with Gasteiger partial charge in [0.2, 0.25) is 5.69 Å². The van der Waals surface area contributed by atoms with Crippen LogP contribution in [0.5, 0.6) is 0 Å². The predicted molar refractivity (Wildman–Crippen MR) is 67.8 cm³/mol. The molecule has 0 bridgehead atoms. The Kier molecular flexibility index (Phi) is 5.81. The molecule has 0 heterocycles. The third kappa shape index (κ3) is 4.32. The highest BCUT2D eigenvalue weighted by Crippen LogP contribution is 2.48. The summed E-state index contributed by atoms with van der Waals surface area (Å²) in [7, 11) is -6.87. The molecule has 0 radical (unpaired) electrons. The molecule has 0 aromatic heterocycles. The molecule has 0 unspecified atom stereocenters. The minimum Gasteiger partial charge on any atom is -0.593 e. The van der Waals surface area contributed by atoms with Gasteiger partial charge in [-0.2, -0.15) is 43.5 Å². The van der Waals surface area contributed by atoms with Crippen LogP contribution < -0.4 is 0 Å². The van der Waals surface area contributed by atoms with E-state index in [0.717, 1.165) is 24.3 Å². The molecular weight excluding hydrogens is 432 g/mol. The topological polar surface area (TPSA) is 81.8 Å². The van der Waals surface area contributed by atoms with E-state index in [1.54, 1.807) is 4.52 Å². The van der Waals surface area contributed by atoms with Gasteiger partial charge in [-0.25, -0.2) is 4.74 Å². The van der Waals surface area contributed by atoms with Crippen molar-refractivity contribution in [2.24, 2.45) is 4.52 Å². The molecule has 26 heavy (non-hydrogen) atoms. The summed E-state index contributed by atoms with van der Waals surface area (Å²) in [6.07, 6.45) is -13.1. The minimum atomic E-state index is -6.87. The van der Waals surface area contributed by atoms with Crippen LogP contribution >= 0.6 is 11.6 Å². The second-order valence-electron chi connectivity index (χ2n) is 4.32. The number of hydrogen-bond acceptors (Lipinski definition) is 4. The van der Waals surface area contributed by atoms with Crippen LogP contribution in [0.3, 0.4) is 0 Å². The van der Waals surface area contributed by atoms with Gasteiger partial charge in [0.15, 0.2) is 0 Å². The highest BCUT2D eigenvalue weighted by Gasteiger charge is 2.75. The SMILES string of the molecule is O=S(=O)(/N=[N+](\[O-])c1ccccc1)C(F)(F)C(F)(F)OC(F)(F)C(F)(F)Cl. The van der Waals surface area contributed by atoms with Crippen molar-refractivity contribution in [1.29, 1.82) is 0 Å². The van der Waals surface area contributed by atoms with E-state index in [9.17, 15) is 48.7 Å². The van der Waals surface area contributed by atoms with Crippen LogP contribution in [-0.4, -0.2) is 36.1 Å². The molecule has 0 N–H and O–H groups in total. The number of hydrogen-bond donors (Lipinski definition) is 0. The maximum atomic E-state index is 13.4. The lowest BCUT2D eigenvalue weighted by Gasteiger charge is -2.28. The molecule has 16 heteroatoms. The van der Waals surface area contributed by atoms with Crippen molar-refractivity contribution in [3.8, 4) is 0 Å². The Balaban J connectivity index is 3.29. The van der Waals surface area contributed by atoms with Crippen molar-refractivity contribution in [2.45, 2.75) is 22.9 Å². The summed E-state index contributed by atoms with van der Waals surface area (Å²) in [5, 5.41) is -1.18. The van der Waals surface area contributed by atoms with Crippen molar-refractivity contribution >= 4 is 27.3 Å². The number of sulfonamides is 1. The molecular formula is C10H5ClF8N2O4S. The van der Waals surface area contributed by atoms with E-state index in [1.807, 2.05) is 4.74 Å². The second-order valence-corrected chi connectivity index (χ2v) is 6.42. The molecule has 0 fully saturated rings. The Morgan fingerprint density at radius 2 is 1.42 bits per heavy atom. The largest absolute Gasteiger partial charge is 0.593 e.